The van der Waals surface area contributed by atoms with Crippen molar-refractivity contribution >= 4 is 23.1 Å². The third-order valence-corrected chi connectivity index (χ3v) is 4.66. The first kappa shape index (κ1) is 16.9. The summed E-state index contributed by atoms with van der Waals surface area (Å²) in [6.07, 6.45) is 3.06. The van der Waals surface area contributed by atoms with Crippen molar-refractivity contribution in [2.24, 2.45) is 0 Å². The number of likely N-dealkylation sites (N-methyl/N-ethyl adjacent to an activating group) is 1. The van der Waals surface area contributed by atoms with E-state index in [0.717, 1.165) is 16.9 Å². The Kier molecular flexibility index (Phi) is 3.95. The predicted molar refractivity (Wildman–Crippen MR) is 99.3 cm³/mol. The summed E-state index contributed by atoms with van der Waals surface area (Å²) >= 11 is 0. The Balaban J connectivity index is 1.96. The number of anilines is 1. The second-order valence-corrected chi connectivity index (χ2v) is 6.85. The molecule has 5 nitrogen and oxygen atoms in total. The van der Waals surface area contributed by atoms with Crippen LogP contribution in [0.3, 0.4) is 0 Å². The first-order valence-electron chi connectivity index (χ1n) is 8.07. The largest absolute Gasteiger partial charge is 0.507 e. The molecule has 1 aromatic heterocycles. The Hall–Kier alpha value is -2.95. The molecule has 0 aliphatic carbocycles. The number of hydrogen-bond acceptors (Lipinski definition) is 4. The van der Waals surface area contributed by atoms with Crippen LogP contribution in [-0.4, -0.2) is 28.8 Å². The lowest BCUT2D eigenvalue weighted by atomic mass is 9.86. The number of benzene rings is 1. The Morgan fingerprint density at radius 1 is 1.24 bits per heavy atom. The lowest BCUT2D eigenvalue weighted by Crippen LogP contribution is -2.33. The number of allylic oxidation sites excluding steroid dienone is 1. The van der Waals surface area contributed by atoms with E-state index in [0.29, 0.717) is 11.1 Å². The molecular weight excluding hydrogens is 314 g/mol. The summed E-state index contributed by atoms with van der Waals surface area (Å²) in [5, 5.41) is 18.6. The van der Waals surface area contributed by atoms with Gasteiger partial charge in [0, 0.05) is 41.8 Å². The maximum absolute atomic E-state index is 12.4. The van der Waals surface area contributed by atoms with Crippen LogP contribution in [0.2, 0.25) is 0 Å². The molecule has 0 saturated heterocycles. The summed E-state index contributed by atoms with van der Waals surface area (Å²) in [6.45, 7) is 5.65. The van der Waals surface area contributed by atoms with Crippen molar-refractivity contribution in [2.75, 3.05) is 11.9 Å². The number of aromatic nitrogens is 1. The molecule has 128 valence electrons. The van der Waals surface area contributed by atoms with E-state index in [4.69, 9.17) is 5.41 Å². The number of rotatable bonds is 3. The monoisotopic (exact) mass is 335 g/mol. The van der Waals surface area contributed by atoms with Gasteiger partial charge in [-0.2, -0.15) is 0 Å². The minimum absolute atomic E-state index is 0.00665. The van der Waals surface area contributed by atoms with Gasteiger partial charge in [0.05, 0.1) is 11.1 Å². The number of fused-ring (bicyclic) bond motifs is 1. The summed E-state index contributed by atoms with van der Waals surface area (Å²) in [5.41, 5.74) is 3.45. The quantitative estimate of drug-likeness (QED) is 0.664. The highest BCUT2D eigenvalue weighted by Crippen LogP contribution is 2.41. The van der Waals surface area contributed by atoms with Crippen LogP contribution in [0.1, 0.15) is 36.2 Å². The zero-order valence-corrected chi connectivity index (χ0v) is 14.8. The molecule has 0 fully saturated rings. The highest BCUT2D eigenvalue weighted by molar-refractivity contribution is 6.10. The third kappa shape index (κ3) is 2.82. The van der Waals surface area contributed by atoms with Gasteiger partial charge < -0.3 is 15.4 Å². The normalized spacial score (nSPS) is 16.1. The van der Waals surface area contributed by atoms with Crippen molar-refractivity contribution in [3.63, 3.8) is 0 Å². The molecule has 0 saturated carbocycles. The molecule has 25 heavy (non-hydrogen) atoms. The number of nitrogens with one attached hydrogen (secondary N) is 1. The van der Waals surface area contributed by atoms with E-state index in [1.54, 1.807) is 42.4 Å². The second-order valence-electron chi connectivity index (χ2n) is 6.85. The molecule has 1 aliphatic heterocycles. The molecule has 0 bridgehead atoms. The minimum atomic E-state index is -0.566. The minimum Gasteiger partial charge on any atom is -0.507 e. The number of aryl methyl sites for hydroxylation is 1. The molecule has 5 heteroatoms. The molecule has 2 aromatic rings. The van der Waals surface area contributed by atoms with E-state index in [1.807, 2.05) is 26.8 Å². The molecule has 2 N–H and O–H groups in total. The number of pyridine rings is 1. The van der Waals surface area contributed by atoms with Crippen LogP contribution in [0.15, 0.2) is 42.6 Å². The molecule has 0 unspecified atom stereocenters. The number of nitrogens with zero attached hydrogens (tertiary/aromatic N) is 2. The average Bonchev–Trinajstić information content (AvgIpc) is 2.75. The summed E-state index contributed by atoms with van der Waals surface area (Å²) in [4.78, 5) is 18.1. The average molecular weight is 335 g/mol. The number of hydrogen-bond donors (Lipinski definition) is 2. The fourth-order valence-corrected chi connectivity index (χ4v) is 3.16. The first-order valence-corrected chi connectivity index (χ1v) is 8.07. The van der Waals surface area contributed by atoms with Gasteiger partial charge in [0.15, 0.2) is 0 Å². The fourth-order valence-electron chi connectivity index (χ4n) is 3.16. The van der Waals surface area contributed by atoms with Gasteiger partial charge in [-0.15, -0.1) is 0 Å². The number of amides is 1. The van der Waals surface area contributed by atoms with E-state index in [1.165, 1.54) is 6.08 Å². The van der Waals surface area contributed by atoms with Crippen molar-refractivity contribution in [2.45, 2.75) is 26.2 Å². The Labute approximate surface area is 147 Å². The maximum atomic E-state index is 12.4. The predicted octanol–water partition coefficient (Wildman–Crippen LogP) is 3.61. The van der Waals surface area contributed by atoms with Gasteiger partial charge in [-0.25, -0.2) is 0 Å². The molecule has 1 amide bonds. The number of carbonyl (C=O) groups is 1. The van der Waals surface area contributed by atoms with Crippen LogP contribution in [0.4, 0.5) is 5.69 Å². The fraction of sp³-hybridized carbons (Fsp3) is 0.250. The molecule has 2 heterocycles. The summed E-state index contributed by atoms with van der Waals surface area (Å²) in [7, 11) is 1.74. The highest BCUT2D eigenvalue weighted by Gasteiger charge is 2.42. The standard InChI is InChI=1S/C20H21N3O2/c1-12-9-13(7-8-22-12)16(21)11-18(24)14-5-6-15-17(10-14)23(4)19(25)20(15,2)3/h5-11,21,24H,1-4H3/b18-11-,21-16?. The smallest absolute Gasteiger partial charge is 0.236 e. The van der Waals surface area contributed by atoms with E-state index in [9.17, 15) is 9.90 Å². The summed E-state index contributed by atoms with van der Waals surface area (Å²) in [5.74, 6) is 0.0240. The Morgan fingerprint density at radius 2 is 1.96 bits per heavy atom. The van der Waals surface area contributed by atoms with Crippen LogP contribution in [0.5, 0.6) is 0 Å². The van der Waals surface area contributed by atoms with Gasteiger partial charge in [-0.05, 0) is 44.5 Å². The number of carbonyl (C=O) groups excluding carboxylic acids is 1. The topological polar surface area (TPSA) is 77.3 Å². The lowest BCUT2D eigenvalue weighted by molar-refractivity contribution is -0.121. The number of aliphatic hydroxyl groups is 1. The van der Waals surface area contributed by atoms with Crippen molar-refractivity contribution in [1.82, 2.24) is 4.98 Å². The van der Waals surface area contributed by atoms with Gasteiger partial charge in [0.25, 0.3) is 0 Å². The number of aliphatic hydroxyl groups excluding tert-OH is 1. The van der Waals surface area contributed by atoms with E-state index < -0.39 is 5.41 Å². The Morgan fingerprint density at radius 3 is 2.64 bits per heavy atom. The van der Waals surface area contributed by atoms with Crippen LogP contribution in [-0.2, 0) is 10.2 Å². The van der Waals surface area contributed by atoms with Crippen molar-refractivity contribution < 1.29 is 9.90 Å². The summed E-state index contributed by atoms with van der Waals surface area (Å²) < 4.78 is 0. The van der Waals surface area contributed by atoms with Crippen LogP contribution in [0, 0.1) is 12.3 Å². The van der Waals surface area contributed by atoms with Gasteiger partial charge in [-0.3, -0.25) is 9.78 Å². The summed E-state index contributed by atoms with van der Waals surface area (Å²) in [6, 6.07) is 8.97. The van der Waals surface area contributed by atoms with E-state index >= 15 is 0 Å². The van der Waals surface area contributed by atoms with Gasteiger partial charge in [-0.1, -0.05) is 12.1 Å². The zero-order valence-electron chi connectivity index (χ0n) is 14.8. The molecule has 0 atom stereocenters. The SMILES string of the molecule is Cc1cc(C(=N)/C=C(\O)c2ccc3c(c2)N(C)C(=O)C3(C)C)ccn1. The van der Waals surface area contributed by atoms with Crippen LogP contribution < -0.4 is 4.90 Å². The highest BCUT2D eigenvalue weighted by atomic mass is 16.3. The van der Waals surface area contributed by atoms with Crippen molar-refractivity contribution in [1.29, 1.82) is 5.41 Å². The van der Waals surface area contributed by atoms with Crippen molar-refractivity contribution in [3.8, 4) is 0 Å². The molecule has 0 radical (unpaired) electrons. The van der Waals surface area contributed by atoms with Crippen LogP contribution in [0.25, 0.3) is 5.76 Å². The maximum Gasteiger partial charge on any atom is 0.236 e. The zero-order chi connectivity index (χ0) is 18.4. The lowest BCUT2D eigenvalue weighted by Gasteiger charge is -2.16. The second kappa shape index (κ2) is 5.84. The van der Waals surface area contributed by atoms with Gasteiger partial charge >= 0.3 is 0 Å². The molecule has 0 spiro atoms. The van der Waals surface area contributed by atoms with E-state index in [2.05, 4.69) is 4.98 Å². The van der Waals surface area contributed by atoms with Gasteiger partial charge in [0.2, 0.25) is 5.91 Å². The Bertz CT molecular complexity index is 913. The third-order valence-electron chi connectivity index (χ3n) is 4.66. The molecular formula is C20H21N3O2. The van der Waals surface area contributed by atoms with E-state index in [-0.39, 0.29) is 17.4 Å². The first-order chi connectivity index (χ1) is 11.7. The molecule has 1 aromatic carbocycles. The van der Waals surface area contributed by atoms with Crippen LogP contribution >= 0.6 is 0 Å². The van der Waals surface area contributed by atoms with Crippen molar-refractivity contribution in [3.05, 3.63) is 65.0 Å². The molecule has 1 aliphatic rings. The molecule has 3 rings (SSSR count). The van der Waals surface area contributed by atoms with Gasteiger partial charge in [0.1, 0.15) is 5.76 Å².